The highest BCUT2D eigenvalue weighted by Crippen LogP contribution is 2.02. The van der Waals surface area contributed by atoms with Crippen molar-refractivity contribution in [2.24, 2.45) is 0 Å². The minimum atomic E-state index is -0.151. The number of nitriles is 1. The first-order valence-electron chi connectivity index (χ1n) is 5.53. The molecule has 0 saturated carbocycles. The largest absolute Gasteiger partial charge is 0.377 e. The quantitative estimate of drug-likeness (QED) is 0.786. The summed E-state index contributed by atoms with van der Waals surface area (Å²) in [6, 6.07) is 8.53. The molecular weight excluding hydrogens is 216 g/mol. The summed E-state index contributed by atoms with van der Waals surface area (Å²) in [6.07, 6.45) is 0.168. The molecule has 0 fully saturated rings. The van der Waals surface area contributed by atoms with E-state index < -0.39 is 0 Å². The molecule has 4 nitrogen and oxygen atoms in total. The van der Waals surface area contributed by atoms with Gasteiger partial charge in [-0.25, -0.2) is 0 Å². The van der Waals surface area contributed by atoms with E-state index in [2.05, 4.69) is 5.32 Å². The lowest BCUT2D eigenvalue weighted by molar-refractivity contribution is 0.0746. The van der Waals surface area contributed by atoms with Crippen LogP contribution >= 0.6 is 0 Å². The fourth-order valence-corrected chi connectivity index (χ4v) is 1.26. The number of carbonyl (C=O) groups is 1. The smallest absolute Gasteiger partial charge is 0.251 e. The van der Waals surface area contributed by atoms with Gasteiger partial charge in [-0.1, -0.05) is 0 Å². The zero-order valence-corrected chi connectivity index (χ0v) is 10.1. The molecule has 4 heteroatoms. The summed E-state index contributed by atoms with van der Waals surface area (Å²) < 4.78 is 5.31. The van der Waals surface area contributed by atoms with Gasteiger partial charge in [0.25, 0.3) is 5.91 Å². The molecule has 1 N–H and O–H groups in total. The lowest BCUT2D eigenvalue weighted by Gasteiger charge is -2.08. The molecule has 0 aliphatic rings. The van der Waals surface area contributed by atoms with Crippen molar-refractivity contribution in [2.45, 2.75) is 20.0 Å². The number of amides is 1. The fraction of sp³-hybridized carbons (Fsp3) is 0.385. The van der Waals surface area contributed by atoms with Gasteiger partial charge in [-0.3, -0.25) is 4.79 Å². The van der Waals surface area contributed by atoms with Gasteiger partial charge in [0, 0.05) is 12.1 Å². The first-order valence-corrected chi connectivity index (χ1v) is 5.53. The molecule has 0 aliphatic carbocycles. The highest BCUT2D eigenvalue weighted by Gasteiger charge is 2.04. The van der Waals surface area contributed by atoms with Gasteiger partial charge in [0.2, 0.25) is 0 Å². The second-order valence-corrected chi connectivity index (χ2v) is 3.86. The van der Waals surface area contributed by atoms with Crippen molar-refractivity contribution in [3.05, 3.63) is 35.4 Å². The maximum atomic E-state index is 11.6. The SMILES string of the molecule is CC(C)OCCNC(=O)c1ccc(C#N)cc1. The van der Waals surface area contributed by atoms with Crippen LogP contribution < -0.4 is 5.32 Å². The number of nitrogens with zero attached hydrogens (tertiary/aromatic N) is 1. The Kier molecular flexibility index (Phi) is 5.18. The van der Waals surface area contributed by atoms with Gasteiger partial charge < -0.3 is 10.1 Å². The molecule has 1 rings (SSSR count). The van der Waals surface area contributed by atoms with Crippen LogP contribution in [0.25, 0.3) is 0 Å². The first-order chi connectivity index (χ1) is 8.13. The standard InChI is InChI=1S/C13H16N2O2/c1-10(2)17-8-7-15-13(16)12-5-3-11(9-14)4-6-12/h3-6,10H,7-8H2,1-2H3,(H,15,16). The lowest BCUT2D eigenvalue weighted by Crippen LogP contribution is -2.28. The molecule has 0 saturated heterocycles. The summed E-state index contributed by atoms with van der Waals surface area (Å²) in [7, 11) is 0. The maximum absolute atomic E-state index is 11.6. The second-order valence-electron chi connectivity index (χ2n) is 3.86. The van der Waals surface area contributed by atoms with E-state index in [1.54, 1.807) is 24.3 Å². The molecule has 0 bridgehead atoms. The number of ether oxygens (including phenoxy) is 1. The van der Waals surface area contributed by atoms with Gasteiger partial charge in [-0.15, -0.1) is 0 Å². The maximum Gasteiger partial charge on any atom is 0.251 e. The van der Waals surface area contributed by atoms with Crippen molar-refractivity contribution in [1.29, 1.82) is 5.26 Å². The van der Waals surface area contributed by atoms with Crippen molar-refractivity contribution >= 4 is 5.91 Å². The average Bonchev–Trinajstić information content (AvgIpc) is 2.34. The van der Waals surface area contributed by atoms with Crippen molar-refractivity contribution in [3.8, 4) is 6.07 Å². The fourth-order valence-electron chi connectivity index (χ4n) is 1.26. The van der Waals surface area contributed by atoms with Crippen LogP contribution in [0.5, 0.6) is 0 Å². The molecule has 1 aromatic carbocycles. The topological polar surface area (TPSA) is 62.1 Å². The summed E-state index contributed by atoms with van der Waals surface area (Å²) in [6.45, 7) is 4.88. The Balaban J connectivity index is 2.39. The van der Waals surface area contributed by atoms with Crippen LogP contribution in [0.1, 0.15) is 29.8 Å². The normalized spacial score (nSPS) is 10.0. The third kappa shape index (κ3) is 4.66. The second kappa shape index (κ2) is 6.66. The van der Waals surface area contributed by atoms with E-state index in [1.807, 2.05) is 19.9 Å². The number of carbonyl (C=O) groups excluding carboxylic acids is 1. The zero-order chi connectivity index (χ0) is 12.7. The van der Waals surface area contributed by atoms with Crippen molar-refractivity contribution in [3.63, 3.8) is 0 Å². The summed E-state index contributed by atoms with van der Waals surface area (Å²) in [5.41, 5.74) is 1.10. The monoisotopic (exact) mass is 232 g/mol. The van der Waals surface area contributed by atoms with Crippen LogP contribution in [-0.4, -0.2) is 25.2 Å². The van der Waals surface area contributed by atoms with Gasteiger partial charge in [0.1, 0.15) is 0 Å². The molecule has 0 radical (unpaired) electrons. The van der Waals surface area contributed by atoms with E-state index in [0.29, 0.717) is 24.3 Å². The molecular formula is C13H16N2O2. The zero-order valence-electron chi connectivity index (χ0n) is 10.1. The minimum Gasteiger partial charge on any atom is -0.377 e. The Hall–Kier alpha value is -1.86. The number of hydrogen-bond acceptors (Lipinski definition) is 3. The number of nitrogens with one attached hydrogen (secondary N) is 1. The molecule has 17 heavy (non-hydrogen) atoms. The third-order valence-electron chi connectivity index (χ3n) is 2.11. The Morgan fingerprint density at radius 1 is 1.41 bits per heavy atom. The predicted octanol–water partition coefficient (Wildman–Crippen LogP) is 1.71. The highest BCUT2D eigenvalue weighted by molar-refractivity contribution is 5.94. The van der Waals surface area contributed by atoms with Crippen molar-refractivity contribution in [1.82, 2.24) is 5.32 Å². The van der Waals surface area contributed by atoms with Crippen LogP contribution in [0, 0.1) is 11.3 Å². The number of benzene rings is 1. The molecule has 1 aromatic rings. The van der Waals surface area contributed by atoms with E-state index in [-0.39, 0.29) is 12.0 Å². The van der Waals surface area contributed by atoms with Gasteiger partial charge in [-0.05, 0) is 38.1 Å². The van der Waals surface area contributed by atoms with Crippen LogP contribution in [0.2, 0.25) is 0 Å². The minimum absolute atomic E-state index is 0.151. The molecule has 0 heterocycles. The van der Waals surface area contributed by atoms with Gasteiger partial charge in [0.15, 0.2) is 0 Å². The first kappa shape index (κ1) is 13.2. The van der Waals surface area contributed by atoms with Gasteiger partial charge >= 0.3 is 0 Å². The van der Waals surface area contributed by atoms with Crippen LogP contribution in [0.3, 0.4) is 0 Å². The molecule has 0 aromatic heterocycles. The predicted molar refractivity (Wildman–Crippen MR) is 64.6 cm³/mol. The summed E-state index contributed by atoms with van der Waals surface area (Å²) in [4.78, 5) is 11.6. The number of rotatable bonds is 5. The molecule has 90 valence electrons. The van der Waals surface area contributed by atoms with Gasteiger partial charge in [-0.2, -0.15) is 5.26 Å². The molecule has 0 atom stereocenters. The van der Waals surface area contributed by atoms with E-state index >= 15 is 0 Å². The molecule has 0 unspecified atom stereocenters. The Morgan fingerprint density at radius 2 is 2.06 bits per heavy atom. The summed E-state index contributed by atoms with van der Waals surface area (Å²) in [5, 5.41) is 11.4. The Morgan fingerprint density at radius 3 is 2.59 bits per heavy atom. The summed E-state index contributed by atoms with van der Waals surface area (Å²) >= 11 is 0. The molecule has 1 amide bonds. The van der Waals surface area contributed by atoms with E-state index in [1.165, 1.54) is 0 Å². The van der Waals surface area contributed by atoms with Crippen LogP contribution in [0.15, 0.2) is 24.3 Å². The lowest BCUT2D eigenvalue weighted by atomic mass is 10.1. The van der Waals surface area contributed by atoms with Crippen LogP contribution in [-0.2, 0) is 4.74 Å². The van der Waals surface area contributed by atoms with E-state index in [0.717, 1.165) is 0 Å². The van der Waals surface area contributed by atoms with Crippen molar-refractivity contribution < 1.29 is 9.53 Å². The molecule has 0 spiro atoms. The Bertz CT molecular complexity index is 404. The highest BCUT2D eigenvalue weighted by atomic mass is 16.5. The van der Waals surface area contributed by atoms with E-state index in [4.69, 9.17) is 10.00 Å². The van der Waals surface area contributed by atoms with Crippen LogP contribution in [0.4, 0.5) is 0 Å². The van der Waals surface area contributed by atoms with E-state index in [9.17, 15) is 4.79 Å². The third-order valence-corrected chi connectivity index (χ3v) is 2.11. The average molecular weight is 232 g/mol. The van der Waals surface area contributed by atoms with Gasteiger partial charge in [0.05, 0.1) is 24.3 Å². The molecule has 0 aliphatic heterocycles. The number of hydrogen-bond donors (Lipinski definition) is 1. The van der Waals surface area contributed by atoms with Crippen molar-refractivity contribution in [2.75, 3.05) is 13.2 Å². The Labute approximate surface area is 101 Å². The summed E-state index contributed by atoms with van der Waals surface area (Å²) in [5.74, 6) is -0.151.